The van der Waals surface area contributed by atoms with Gasteiger partial charge >= 0.3 is 0 Å². The van der Waals surface area contributed by atoms with Crippen LogP contribution in [0.4, 0.5) is 17.1 Å². The summed E-state index contributed by atoms with van der Waals surface area (Å²) in [5.41, 5.74) is 7.37. The maximum absolute atomic E-state index is 6.26. The first-order chi connectivity index (χ1) is 31.3. The van der Waals surface area contributed by atoms with Crippen LogP contribution in [0.2, 0.25) is 0 Å². The lowest BCUT2D eigenvalue weighted by molar-refractivity contribution is 0.669. The summed E-state index contributed by atoms with van der Waals surface area (Å²) in [6, 6.07) is 91.4. The monoisotopic (exact) mass is 819 g/mol. The minimum Gasteiger partial charge on any atom is -0.456 e. The van der Waals surface area contributed by atoms with Gasteiger partial charge in [0.25, 0.3) is 0 Å². The van der Waals surface area contributed by atoms with Crippen LogP contribution in [0.5, 0.6) is 0 Å². The molecule has 296 valence electrons. The van der Waals surface area contributed by atoms with E-state index in [2.05, 4.69) is 241 Å². The second-order valence-corrected chi connectivity index (χ2v) is 20.1. The molecule has 0 unspecified atom stereocenters. The second-order valence-electron chi connectivity index (χ2n) is 16.4. The number of hydrogen-bond acceptors (Lipinski definition) is 2. The highest BCUT2D eigenvalue weighted by molar-refractivity contribution is 7.20. The van der Waals surface area contributed by atoms with Gasteiger partial charge in [0.05, 0.1) is 0 Å². The van der Waals surface area contributed by atoms with Crippen molar-refractivity contribution in [3.8, 4) is 11.1 Å². The molecule has 0 bridgehead atoms. The third-order valence-corrected chi connectivity index (χ3v) is 17.8. The Labute approximate surface area is 367 Å². The topological polar surface area (TPSA) is 16.4 Å². The van der Waals surface area contributed by atoms with Gasteiger partial charge in [-0.15, -0.1) is 0 Å². The van der Waals surface area contributed by atoms with Crippen molar-refractivity contribution in [3.63, 3.8) is 0 Å². The molecular formula is C60H41NOSi. The summed E-state index contributed by atoms with van der Waals surface area (Å²) in [4.78, 5) is 2.36. The number of hydrogen-bond donors (Lipinski definition) is 0. The highest BCUT2D eigenvalue weighted by Gasteiger charge is 2.43. The molecule has 0 radical (unpaired) electrons. The quantitative estimate of drug-likeness (QED) is 0.0863. The molecule has 11 aromatic carbocycles. The highest BCUT2D eigenvalue weighted by Crippen LogP contribution is 2.38. The molecule has 3 heteroatoms. The van der Waals surface area contributed by atoms with Gasteiger partial charge in [-0.1, -0.05) is 194 Å². The van der Waals surface area contributed by atoms with Gasteiger partial charge in [0.1, 0.15) is 11.2 Å². The molecule has 0 N–H and O–H groups in total. The van der Waals surface area contributed by atoms with Crippen molar-refractivity contribution in [1.29, 1.82) is 0 Å². The molecule has 0 aliphatic rings. The summed E-state index contributed by atoms with van der Waals surface area (Å²) >= 11 is 0. The van der Waals surface area contributed by atoms with Gasteiger partial charge < -0.3 is 9.32 Å². The lowest BCUT2D eigenvalue weighted by atomic mass is 9.94. The van der Waals surface area contributed by atoms with E-state index in [0.29, 0.717) is 0 Å². The lowest BCUT2D eigenvalue weighted by Gasteiger charge is -2.36. The Balaban J connectivity index is 1.04. The molecule has 0 saturated carbocycles. The summed E-state index contributed by atoms with van der Waals surface area (Å²) in [7, 11) is -2.99. The summed E-state index contributed by atoms with van der Waals surface area (Å²) < 4.78 is 6.26. The van der Waals surface area contributed by atoms with Crippen LogP contribution >= 0.6 is 0 Å². The Morgan fingerprint density at radius 1 is 0.286 bits per heavy atom. The minimum absolute atomic E-state index is 0.902. The fourth-order valence-corrected chi connectivity index (χ4v) is 15.2. The van der Waals surface area contributed by atoms with E-state index in [9.17, 15) is 0 Å². The molecule has 12 aromatic rings. The molecule has 0 aliphatic carbocycles. The van der Waals surface area contributed by atoms with E-state index in [-0.39, 0.29) is 0 Å². The van der Waals surface area contributed by atoms with E-state index in [4.69, 9.17) is 4.42 Å². The first-order valence-corrected chi connectivity index (χ1v) is 23.7. The molecule has 0 fully saturated rings. The van der Waals surface area contributed by atoms with Crippen LogP contribution in [0, 0.1) is 0 Å². The SMILES string of the molecule is c1ccc(N(c2ccc(-c3ccc4c(c3)oc3ccccc34)cc2)c2ccc([Si](c3ccccc3)(c3ccccc3)c3cccc4c5ccccc5c5ccccc5c34)cc2)cc1. The zero-order valence-electron chi connectivity index (χ0n) is 34.5. The van der Waals surface area contributed by atoms with Gasteiger partial charge in [0.2, 0.25) is 0 Å². The highest BCUT2D eigenvalue weighted by atomic mass is 28.3. The number of rotatable bonds is 8. The summed E-state index contributed by atoms with van der Waals surface area (Å²) in [5, 5.41) is 15.5. The normalized spacial score (nSPS) is 11.8. The molecule has 0 saturated heterocycles. The third-order valence-electron chi connectivity index (χ3n) is 13.0. The number of furan rings is 1. The molecule has 2 nitrogen and oxygen atoms in total. The van der Waals surface area contributed by atoms with Gasteiger partial charge in [0.15, 0.2) is 8.07 Å². The molecule has 63 heavy (non-hydrogen) atoms. The summed E-state index contributed by atoms with van der Waals surface area (Å²) in [6.07, 6.45) is 0. The second kappa shape index (κ2) is 15.2. The molecule has 12 rings (SSSR count). The van der Waals surface area contributed by atoms with E-state index in [1.165, 1.54) is 53.1 Å². The van der Waals surface area contributed by atoms with Crippen molar-refractivity contribution in [2.24, 2.45) is 0 Å². The molecule has 0 aliphatic heterocycles. The number of para-hydroxylation sites is 2. The number of fused-ring (bicyclic) bond motifs is 9. The van der Waals surface area contributed by atoms with E-state index >= 15 is 0 Å². The number of nitrogens with zero attached hydrogens (tertiary/aromatic N) is 1. The Hall–Kier alpha value is -7.98. The van der Waals surface area contributed by atoms with Crippen LogP contribution in [0.3, 0.4) is 0 Å². The number of benzene rings is 11. The van der Waals surface area contributed by atoms with Crippen molar-refractivity contribution < 1.29 is 4.42 Å². The van der Waals surface area contributed by atoms with E-state index in [0.717, 1.165) is 50.1 Å². The van der Waals surface area contributed by atoms with Crippen molar-refractivity contribution in [3.05, 3.63) is 249 Å². The van der Waals surface area contributed by atoms with Gasteiger partial charge in [-0.3, -0.25) is 0 Å². The van der Waals surface area contributed by atoms with Gasteiger partial charge in [-0.05, 0) is 119 Å². The average Bonchev–Trinajstić information content (AvgIpc) is 3.74. The summed E-state index contributed by atoms with van der Waals surface area (Å²) in [5.74, 6) is 0. The van der Waals surface area contributed by atoms with E-state index in [1.807, 2.05) is 12.1 Å². The molecular weight excluding hydrogens is 779 g/mol. The van der Waals surface area contributed by atoms with Gasteiger partial charge in [0, 0.05) is 27.8 Å². The molecule has 1 aromatic heterocycles. The fourth-order valence-electron chi connectivity index (χ4n) is 10.2. The van der Waals surface area contributed by atoms with Crippen molar-refractivity contribution >= 4 is 100 Å². The van der Waals surface area contributed by atoms with Gasteiger partial charge in [-0.2, -0.15) is 0 Å². The molecule has 1 heterocycles. The Morgan fingerprint density at radius 2 is 0.714 bits per heavy atom. The van der Waals surface area contributed by atoms with Crippen LogP contribution in [0.25, 0.3) is 65.4 Å². The van der Waals surface area contributed by atoms with E-state index < -0.39 is 8.07 Å². The van der Waals surface area contributed by atoms with Crippen molar-refractivity contribution in [2.75, 3.05) is 4.90 Å². The lowest BCUT2D eigenvalue weighted by Crippen LogP contribution is -2.74. The fraction of sp³-hybridized carbons (Fsp3) is 0. The predicted octanol–water partition coefficient (Wildman–Crippen LogP) is 13.6. The number of anilines is 3. The predicted molar refractivity (Wildman–Crippen MR) is 270 cm³/mol. The van der Waals surface area contributed by atoms with Crippen LogP contribution in [-0.4, -0.2) is 8.07 Å². The minimum atomic E-state index is -2.99. The van der Waals surface area contributed by atoms with Crippen LogP contribution in [-0.2, 0) is 0 Å². The standard InChI is InChI=1S/C60H41NOSi/c1-4-17-44(18-5-1)61(45-34-31-42(32-35-45)43-33-40-54-53-26-14-15-29-57(53)62-58(54)41-43)46-36-38-49(39-37-46)63(47-19-6-2-7-20-47,48-21-8-3-9-22-48)59-30-16-28-56-52-24-11-10-23-50(52)51-25-12-13-27-55(51)60(56)59/h1-41H. The largest absolute Gasteiger partial charge is 0.456 e. The molecule has 0 spiro atoms. The Bertz CT molecular complexity index is 3520. The summed E-state index contributed by atoms with van der Waals surface area (Å²) in [6.45, 7) is 0. The smallest absolute Gasteiger partial charge is 0.180 e. The van der Waals surface area contributed by atoms with Crippen molar-refractivity contribution in [2.45, 2.75) is 0 Å². The van der Waals surface area contributed by atoms with Crippen LogP contribution in [0.1, 0.15) is 0 Å². The van der Waals surface area contributed by atoms with Crippen molar-refractivity contribution in [1.82, 2.24) is 0 Å². The zero-order chi connectivity index (χ0) is 41.7. The zero-order valence-corrected chi connectivity index (χ0v) is 35.5. The van der Waals surface area contributed by atoms with E-state index in [1.54, 1.807) is 0 Å². The maximum atomic E-state index is 6.26. The average molecular weight is 820 g/mol. The molecule has 0 amide bonds. The first-order valence-electron chi connectivity index (χ1n) is 21.7. The Morgan fingerprint density at radius 3 is 1.33 bits per heavy atom. The van der Waals surface area contributed by atoms with Gasteiger partial charge in [-0.25, -0.2) is 0 Å². The molecule has 0 atom stereocenters. The van der Waals surface area contributed by atoms with Crippen LogP contribution < -0.4 is 25.6 Å². The Kier molecular flexibility index (Phi) is 8.87. The maximum Gasteiger partial charge on any atom is 0.180 e. The first kappa shape index (κ1) is 36.8. The third kappa shape index (κ3) is 6.00. The van der Waals surface area contributed by atoms with Crippen LogP contribution in [0.15, 0.2) is 253 Å².